The van der Waals surface area contributed by atoms with Crippen LogP contribution < -0.4 is 5.10 Å². The Morgan fingerprint density at radius 1 is 0.889 bits per heavy atom. The van der Waals surface area contributed by atoms with Crippen molar-refractivity contribution < 1.29 is 30.0 Å². The van der Waals surface area contributed by atoms with E-state index in [-0.39, 0.29) is 31.6 Å². The fourth-order valence-electron chi connectivity index (χ4n) is 4.20. The molecule has 0 unspecified atom stereocenters. The van der Waals surface area contributed by atoms with E-state index in [1.165, 1.54) is 36.1 Å². The summed E-state index contributed by atoms with van der Waals surface area (Å²) in [4.78, 5) is 14.7. The van der Waals surface area contributed by atoms with Crippen LogP contribution in [0.25, 0.3) is 49.8 Å². The zero-order valence-electron chi connectivity index (χ0n) is 19.7. The largest absolute Gasteiger partial charge is 0.512 e. The Balaban J connectivity index is 0.000000338. The normalized spacial score (nSPS) is 11.2. The van der Waals surface area contributed by atoms with Crippen molar-refractivity contribution in [1.29, 1.82) is 0 Å². The van der Waals surface area contributed by atoms with Gasteiger partial charge in [-0.15, -0.1) is 0 Å². The van der Waals surface area contributed by atoms with Gasteiger partial charge >= 0.3 is 0 Å². The van der Waals surface area contributed by atoms with Crippen LogP contribution in [0.3, 0.4) is 0 Å². The Labute approximate surface area is 221 Å². The molecule has 0 aliphatic rings. The smallest absolute Gasteiger partial charge is 0.155 e. The molecule has 3 heterocycles. The number of pyridine rings is 1. The molecular formula is C29H23IrN4O2-. The van der Waals surface area contributed by atoms with E-state index < -0.39 is 0 Å². The first kappa shape index (κ1) is 25.0. The minimum Gasteiger partial charge on any atom is -0.512 e. The van der Waals surface area contributed by atoms with Gasteiger partial charge in [0.1, 0.15) is 0 Å². The van der Waals surface area contributed by atoms with Gasteiger partial charge in [-0.1, -0.05) is 66.7 Å². The van der Waals surface area contributed by atoms with Crippen molar-refractivity contribution >= 4 is 38.5 Å². The van der Waals surface area contributed by atoms with Crippen LogP contribution in [0.4, 0.5) is 0 Å². The summed E-state index contributed by atoms with van der Waals surface area (Å²) in [6, 6.07) is 29.1. The Bertz CT molecular complexity index is 1700. The number of carbonyl (C=O) groups excluding carboxylic acids is 1. The third-order valence-corrected chi connectivity index (χ3v) is 5.63. The van der Waals surface area contributed by atoms with Crippen LogP contribution >= 0.6 is 0 Å². The van der Waals surface area contributed by atoms with Crippen LogP contribution in [-0.4, -0.2) is 25.5 Å². The second kappa shape index (κ2) is 10.7. The van der Waals surface area contributed by atoms with Crippen molar-refractivity contribution in [3.8, 4) is 17.1 Å². The number of rotatable bonds is 3. The molecule has 3 aromatic heterocycles. The number of ketones is 1. The Kier molecular flexibility index (Phi) is 7.44. The number of allylic oxidation sites excluding steroid dienone is 2. The number of hydrogen-bond acceptors (Lipinski definition) is 4. The predicted molar refractivity (Wildman–Crippen MR) is 140 cm³/mol. The number of hydrogen-bond donors (Lipinski definition) is 1. The molecule has 6 aromatic rings. The van der Waals surface area contributed by atoms with Crippen molar-refractivity contribution in [3.05, 3.63) is 103 Å². The van der Waals surface area contributed by atoms with Gasteiger partial charge in [-0.3, -0.25) is 14.9 Å². The SMILES string of the molecule is CC(=O)/C=C(/C)O.[Ir].c1ccc(-c2cc(-n3c4cc5ccccc5cc4c4cccnc43)[n-]n2)cc1. The topological polar surface area (TPSA) is 82.1 Å². The van der Waals surface area contributed by atoms with Gasteiger partial charge in [0.05, 0.1) is 17.1 Å². The molecule has 0 fully saturated rings. The van der Waals surface area contributed by atoms with E-state index in [4.69, 9.17) is 5.11 Å². The van der Waals surface area contributed by atoms with E-state index in [0.717, 1.165) is 33.6 Å². The quantitative estimate of drug-likeness (QED) is 0.177. The summed E-state index contributed by atoms with van der Waals surface area (Å²) in [5.74, 6) is 0.723. The van der Waals surface area contributed by atoms with E-state index >= 15 is 0 Å². The molecule has 1 radical (unpaired) electrons. The third-order valence-electron chi connectivity index (χ3n) is 5.63. The van der Waals surface area contributed by atoms with Crippen LogP contribution in [0.2, 0.25) is 0 Å². The van der Waals surface area contributed by atoms with Crippen LogP contribution in [0.15, 0.2) is 103 Å². The Morgan fingerprint density at radius 3 is 2.25 bits per heavy atom. The van der Waals surface area contributed by atoms with Crippen molar-refractivity contribution in [1.82, 2.24) is 19.7 Å². The number of carbonyl (C=O) groups is 1. The van der Waals surface area contributed by atoms with Gasteiger partial charge < -0.3 is 14.8 Å². The van der Waals surface area contributed by atoms with Gasteiger partial charge in [-0.05, 0) is 59.5 Å². The van der Waals surface area contributed by atoms with Gasteiger partial charge in [0.25, 0.3) is 0 Å². The van der Waals surface area contributed by atoms with Crippen LogP contribution in [0.1, 0.15) is 13.8 Å². The number of nitrogens with zero attached hydrogens (tertiary/aromatic N) is 4. The standard InChI is InChI=1S/C24H15N4.C5H8O2.Ir/c1-2-7-16(8-3-1)21-15-23(27-26-21)28-22-14-18-10-5-4-9-17(18)13-20(22)19-11-6-12-25-24(19)28;1-4(6)3-5(2)7;/h1-15H;3,6H,1-2H3;/q-1;;/b;4-3-;. The minimum absolute atomic E-state index is 0. The van der Waals surface area contributed by atoms with E-state index in [1.54, 1.807) is 0 Å². The molecule has 0 bridgehead atoms. The summed E-state index contributed by atoms with van der Waals surface area (Å²) >= 11 is 0. The van der Waals surface area contributed by atoms with Gasteiger partial charge in [0, 0.05) is 43.3 Å². The monoisotopic (exact) mass is 652 g/mol. The maximum atomic E-state index is 10.0. The molecule has 0 aliphatic carbocycles. The molecule has 36 heavy (non-hydrogen) atoms. The summed E-state index contributed by atoms with van der Waals surface area (Å²) < 4.78 is 2.11. The zero-order valence-corrected chi connectivity index (χ0v) is 22.1. The second-order valence-electron chi connectivity index (χ2n) is 8.28. The fourth-order valence-corrected chi connectivity index (χ4v) is 4.20. The van der Waals surface area contributed by atoms with Gasteiger partial charge in [-0.2, -0.15) is 0 Å². The molecule has 0 aliphatic heterocycles. The van der Waals surface area contributed by atoms with Crippen molar-refractivity contribution in [2.24, 2.45) is 0 Å². The van der Waals surface area contributed by atoms with Gasteiger partial charge in [0.2, 0.25) is 0 Å². The maximum absolute atomic E-state index is 10.0. The number of aliphatic hydroxyl groups excluding tert-OH is 1. The molecule has 181 valence electrons. The zero-order chi connectivity index (χ0) is 24.4. The number of fused-ring (bicyclic) bond motifs is 4. The summed E-state index contributed by atoms with van der Waals surface area (Å²) in [5, 5.41) is 22.0. The van der Waals surface area contributed by atoms with Crippen molar-refractivity contribution in [2.75, 3.05) is 0 Å². The van der Waals surface area contributed by atoms with E-state index in [9.17, 15) is 4.79 Å². The first-order valence-corrected chi connectivity index (χ1v) is 11.2. The van der Waals surface area contributed by atoms with Crippen LogP contribution in [0.5, 0.6) is 0 Å². The Morgan fingerprint density at radius 2 is 1.58 bits per heavy atom. The second-order valence-corrected chi connectivity index (χ2v) is 8.28. The van der Waals surface area contributed by atoms with E-state index in [1.807, 2.05) is 48.7 Å². The van der Waals surface area contributed by atoms with E-state index in [0.29, 0.717) is 0 Å². The van der Waals surface area contributed by atoms with Crippen molar-refractivity contribution in [3.63, 3.8) is 0 Å². The van der Waals surface area contributed by atoms with Gasteiger partial charge in [-0.25, -0.2) is 0 Å². The average molecular weight is 652 g/mol. The van der Waals surface area contributed by atoms with Crippen LogP contribution in [0, 0.1) is 0 Å². The average Bonchev–Trinajstić information content (AvgIpc) is 3.45. The Hall–Kier alpha value is -4.06. The maximum Gasteiger partial charge on any atom is 0.155 e. The summed E-state index contributed by atoms with van der Waals surface area (Å²) in [7, 11) is 0. The molecule has 0 saturated carbocycles. The number of aliphatic hydroxyl groups is 1. The fraction of sp³-hybridized carbons (Fsp3) is 0.0690. The first-order chi connectivity index (χ1) is 17.0. The molecule has 0 spiro atoms. The number of aromatic nitrogens is 4. The molecule has 6 rings (SSSR count). The first-order valence-electron chi connectivity index (χ1n) is 11.2. The number of benzene rings is 3. The molecule has 0 saturated heterocycles. The molecule has 0 atom stereocenters. The summed E-state index contributed by atoms with van der Waals surface area (Å²) in [6.45, 7) is 2.85. The summed E-state index contributed by atoms with van der Waals surface area (Å²) in [5.41, 5.74) is 3.90. The molecule has 6 nitrogen and oxygen atoms in total. The summed E-state index contributed by atoms with van der Waals surface area (Å²) in [6.07, 6.45) is 2.99. The predicted octanol–water partition coefficient (Wildman–Crippen LogP) is 6.39. The van der Waals surface area contributed by atoms with Crippen molar-refractivity contribution in [2.45, 2.75) is 13.8 Å². The molecule has 3 aromatic carbocycles. The molecule has 0 amide bonds. The molecular weight excluding hydrogens is 629 g/mol. The molecule has 1 N–H and O–H groups in total. The van der Waals surface area contributed by atoms with Crippen LogP contribution in [-0.2, 0) is 24.9 Å². The molecule has 7 heteroatoms. The third kappa shape index (κ3) is 4.98. The van der Waals surface area contributed by atoms with E-state index in [2.05, 4.69) is 62.2 Å². The minimum atomic E-state index is -0.125. The van der Waals surface area contributed by atoms with Gasteiger partial charge in [0.15, 0.2) is 5.78 Å².